The summed E-state index contributed by atoms with van der Waals surface area (Å²) in [6.45, 7) is 6.24. The Morgan fingerprint density at radius 3 is 2.50 bits per heavy atom. The van der Waals surface area contributed by atoms with Crippen LogP contribution in [0.3, 0.4) is 0 Å². The lowest BCUT2D eigenvalue weighted by Gasteiger charge is -2.25. The summed E-state index contributed by atoms with van der Waals surface area (Å²) in [4.78, 5) is 13.5. The summed E-state index contributed by atoms with van der Waals surface area (Å²) >= 11 is 0. The van der Waals surface area contributed by atoms with Crippen molar-refractivity contribution >= 4 is 5.91 Å². The van der Waals surface area contributed by atoms with Gasteiger partial charge in [0.15, 0.2) is 0 Å². The van der Waals surface area contributed by atoms with E-state index >= 15 is 0 Å². The van der Waals surface area contributed by atoms with Crippen LogP contribution in [0.2, 0.25) is 0 Å². The largest absolute Gasteiger partial charge is 0.383 e. The summed E-state index contributed by atoms with van der Waals surface area (Å²) in [5, 5.41) is 0. The molecule has 0 aromatic rings. The second-order valence-corrected chi connectivity index (χ2v) is 5.01. The Balaban J connectivity index is 3.87. The number of likely N-dealkylation sites (N-methyl/N-ethyl adjacent to an activating group) is 1. The summed E-state index contributed by atoms with van der Waals surface area (Å²) < 4.78 is 4.94. The average Bonchev–Trinajstić information content (AvgIpc) is 2.22. The zero-order valence-corrected chi connectivity index (χ0v) is 11.1. The van der Waals surface area contributed by atoms with Gasteiger partial charge in [-0.2, -0.15) is 0 Å². The maximum absolute atomic E-state index is 11.7. The normalized spacial score (nSPS) is 11.6. The van der Waals surface area contributed by atoms with Crippen LogP contribution in [0.4, 0.5) is 0 Å². The van der Waals surface area contributed by atoms with Gasteiger partial charge in [-0.3, -0.25) is 4.79 Å². The second-order valence-electron chi connectivity index (χ2n) is 5.01. The molecule has 0 unspecified atom stereocenters. The maximum atomic E-state index is 11.7. The number of ether oxygens (including phenoxy) is 1. The van der Waals surface area contributed by atoms with Crippen LogP contribution in [0, 0.1) is 5.41 Å². The molecule has 0 rings (SSSR count). The lowest BCUT2D eigenvalue weighted by Crippen LogP contribution is -2.31. The van der Waals surface area contributed by atoms with Crippen LogP contribution in [0.25, 0.3) is 0 Å². The van der Waals surface area contributed by atoms with Crippen LogP contribution in [0.5, 0.6) is 0 Å². The Morgan fingerprint density at radius 1 is 1.38 bits per heavy atom. The van der Waals surface area contributed by atoms with Gasteiger partial charge < -0.3 is 15.4 Å². The van der Waals surface area contributed by atoms with Gasteiger partial charge in [0.05, 0.1) is 6.61 Å². The van der Waals surface area contributed by atoms with E-state index in [1.54, 1.807) is 12.0 Å². The SMILES string of the molecule is COCCN(C)C(=O)CCC(C)(C)CCN. The Hall–Kier alpha value is -0.610. The highest BCUT2D eigenvalue weighted by molar-refractivity contribution is 5.75. The lowest BCUT2D eigenvalue weighted by atomic mass is 9.84. The van der Waals surface area contributed by atoms with Crippen LogP contribution in [-0.2, 0) is 9.53 Å². The molecule has 0 spiro atoms. The highest BCUT2D eigenvalue weighted by atomic mass is 16.5. The number of carbonyl (C=O) groups excluding carboxylic acids is 1. The van der Waals surface area contributed by atoms with E-state index in [-0.39, 0.29) is 11.3 Å². The van der Waals surface area contributed by atoms with Crippen molar-refractivity contribution in [2.24, 2.45) is 11.1 Å². The van der Waals surface area contributed by atoms with E-state index in [4.69, 9.17) is 10.5 Å². The Bertz CT molecular complexity index is 205. The summed E-state index contributed by atoms with van der Waals surface area (Å²) in [5.74, 6) is 0.183. The zero-order chi connectivity index (χ0) is 12.6. The first-order chi connectivity index (χ1) is 7.43. The van der Waals surface area contributed by atoms with Gasteiger partial charge >= 0.3 is 0 Å². The minimum absolute atomic E-state index is 0.159. The van der Waals surface area contributed by atoms with Crippen molar-refractivity contribution in [1.29, 1.82) is 0 Å². The van der Waals surface area contributed by atoms with E-state index in [2.05, 4.69) is 13.8 Å². The molecule has 0 atom stereocenters. The molecular formula is C12H26N2O2. The van der Waals surface area contributed by atoms with Gasteiger partial charge in [0.2, 0.25) is 5.91 Å². The van der Waals surface area contributed by atoms with Gasteiger partial charge in [0.25, 0.3) is 0 Å². The quantitative estimate of drug-likeness (QED) is 0.682. The fraction of sp³-hybridized carbons (Fsp3) is 0.917. The van der Waals surface area contributed by atoms with Gasteiger partial charge in [-0.15, -0.1) is 0 Å². The van der Waals surface area contributed by atoms with E-state index in [0.29, 0.717) is 26.1 Å². The number of rotatable bonds is 8. The van der Waals surface area contributed by atoms with Crippen molar-refractivity contribution < 1.29 is 9.53 Å². The summed E-state index contributed by atoms with van der Waals surface area (Å²) in [6, 6.07) is 0. The van der Waals surface area contributed by atoms with E-state index in [1.165, 1.54) is 0 Å². The molecule has 96 valence electrons. The van der Waals surface area contributed by atoms with Crippen molar-refractivity contribution in [3.8, 4) is 0 Å². The number of nitrogens with zero attached hydrogens (tertiary/aromatic N) is 1. The van der Waals surface area contributed by atoms with Gasteiger partial charge in [-0.05, 0) is 24.8 Å². The van der Waals surface area contributed by atoms with E-state index in [9.17, 15) is 4.79 Å². The van der Waals surface area contributed by atoms with Gasteiger partial charge in [0.1, 0.15) is 0 Å². The van der Waals surface area contributed by atoms with Crippen molar-refractivity contribution in [1.82, 2.24) is 4.90 Å². The predicted molar refractivity (Wildman–Crippen MR) is 66.2 cm³/mol. The standard InChI is InChI=1S/C12H26N2O2/c1-12(2,7-8-13)6-5-11(15)14(3)9-10-16-4/h5-10,13H2,1-4H3. The van der Waals surface area contributed by atoms with Crippen molar-refractivity contribution in [3.05, 3.63) is 0 Å². The molecule has 0 saturated heterocycles. The van der Waals surface area contributed by atoms with E-state index in [0.717, 1.165) is 12.8 Å². The van der Waals surface area contributed by atoms with Gasteiger partial charge in [-0.1, -0.05) is 13.8 Å². The zero-order valence-electron chi connectivity index (χ0n) is 11.1. The Morgan fingerprint density at radius 2 is 2.00 bits per heavy atom. The van der Waals surface area contributed by atoms with Crippen molar-refractivity contribution in [2.75, 3.05) is 33.9 Å². The third kappa shape index (κ3) is 6.80. The fourth-order valence-corrected chi connectivity index (χ4v) is 1.50. The highest BCUT2D eigenvalue weighted by Crippen LogP contribution is 2.26. The van der Waals surface area contributed by atoms with Crippen LogP contribution in [0.15, 0.2) is 0 Å². The molecule has 0 aliphatic heterocycles. The Kier molecular flexibility index (Phi) is 7.34. The lowest BCUT2D eigenvalue weighted by molar-refractivity contribution is -0.131. The van der Waals surface area contributed by atoms with Crippen LogP contribution in [0.1, 0.15) is 33.1 Å². The van der Waals surface area contributed by atoms with Crippen LogP contribution >= 0.6 is 0 Å². The molecule has 0 bridgehead atoms. The molecule has 16 heavy (non-hydrogen) atoms. The highest BCUT2D eigenvalue weighted by Gasteiger charge is 2.19. The third-order valence-corrected chi connectivity index (χ3v) is 2.89. The molecule has 4 nitrogen and oxygen atoms in total. The second kappa shape index (κ2) is 7.63. The molecule has 4 heteroatoms. The summed E-state index contributed by atoms with van der Waals surface area (Å²) in [7, 11) is 3.46. The Labute approximate surface area is 99.1 Å². The first-order valence-electron chi connectivity index (χ1n) is 5.86. The molecule has 0 aliphatic carbocycles. The molecule has 1 amide bonds. The fourth-order valence-electron chi connectivity index (χ4n) is 1.50. The molecule has 0 heterocycles. The van der Waals surface area contributed by atoms with Crippen LogP contribution in [-0.4, -0.2) is 44.7 Å². The molecule has 0 fully saturated rings. The summed E-state index contributed by atoms with van der Waals surface area (Å²) in [6.07, 6.45) is 2.44. The number of hydrogen-bond donors (Lipinski definition) is 1. The minimum atomic E-state index is 0.159. The minimum Gasteiger partial charge on any atom is -0.383 e. The van der Waals surface area contributed by atoms with E-state index < -0.39 is 0 Å². The number of amides is 1. The van der Waals surface area contributed by atoms with Crippen molar-refractivity contribution in [2.45, 2.75) is 33.1 Å². The summed E-state index contributed by atoms with van der Waals surface area (Å²) in [5.41, 5.74) is 5.69. The molecule has 0 saturated carbocycles. The van der Waals surface area contributed by atoms with E-state index in [1.807, 2.05) is 7.05 Å². The van der Waals surface area contributed by atoms with Gasteiger partial charge in [-0.25, -0.2) is 0 Å². The molecule has 0 aliphatic rings. The molecule has 0 radical (unpaired) electrons. The topological polar surface area (TPSA) is 55.6 Å². The first kappa shape index (κ1) is 15.4. The predicted octanol–water partition coefficient (Wildman–Crippen LogP) is 1.25. The molecule has 0 aromatic heterocycles. The first-order valence-corrected chi connectivity index (χ1v) is 5.86. The number of hydrogen-bond acceptors (Lipinski definition) is 3. The smallest absolute Gasteiger partial charge is 0.222 e. The third-order valence-electron chi connectivity index (χ3n) is 2.89. The van der Waals surface area contributed by atoms with Crippen LogP contribution < -0.4 is 5.73 Å². The molecular weight excluding hydrogens is 204 g/mol. The van der Waals surface area contributed by atoms with Crippen molar-refractivity contribution in [3.63, 3.8) is 0 Å². The molecule has 0 aromatic carbocycles. The number of methoxy groups -OCH3 is 1. The maximum Gasteiger partial charge on any atom is 0.222 e. The number of nitrogens with two attached hydrogens (primary N) is 1. The van der Waals surface area contributed by atoms with Gasteiger partial charge in [0, 0.05) is 27.1 Å². The number of carbonyl (C=O) groups is 1. The monoisotopic (exact) mass is 230 g/mol. The average molecular weight is 230 g/mol. The molecule has 2 N–H and O–H groups in total.